The van der Waals surface area contributed by atoms with Crippen LogP contribution >= 0.6 is 11.6 Å². The Morgan fingerprint density at radius 1 is 1.36 bits per heavy atom. The summed E-state index contributed by atoms with van der Waals surface area (Å²) in [6, 6.07) is 3.62. The van der Waals surface area contributed by atoms with E-state index < -0.39 is 0 Å². The van der Waals surface area contributed by atoms with Crippen LogP contribution in [0.3, 0.4) is 0 Å². The van der Waals surface area contributed by atoms with Crippen molar-refractivity contribution in [2.24, 2.45) is 0 Å². The second-order valence-electron chi connectivity index (χ2n) is 5.99. The zero-order valence-corrected chi connectivity index (χ0v) is 15.1. The maximum atomic E-state index is 12.8. The van der Waals surface area contributed by atoms with Crippen LogP contribution in [0.5, 0.6) is 0 Å². The number of halogens is 1. The highest BCUT2D eigenvalue weighted by molar-refractivity contribution is 6.18. The van der Waals surface area contributed by atoms with E-state index in [9.17, 15) is 9.59 Å². The fourth-order valence-electron chi connectivity index (χ4n) is 2.79. The topological polar surface area (TPSA) is 63.0 Å². The lowest BCUT2D eigenvalue weighted by Crippen LogP contribution is -2.45. The Kier molecular flexibility index (Phi) is 8.01. The number of amides is 2. The van der Waals surface area contributed by atoms with Gasteiger partial charge in [0.05, 0.1) is 18.9 Å². The SMILES string of the molecule is C=CCN(CC(=O)N(Cc1ccco1)CC1CCCO1)C(=O)CCCl. The van der Waals surface area contributed by atoms with Gasteiger partial charge in [0.1, 0.15) is 12.3 Å². The molecule has 0 spiro atoms. The predicted molar refractivity (Wildman–Crippen MR) is 95.2 cm³/mol. The van der Waals surface area contributed by atoms with Crippen molar-refractivity contribution in [2.45, 2.75) is 31.9 Å². The largest absolute Gasteiger partial charge is 0.467 e. The molecule has 2 amide bonds. The summed E-state index contributed by atoms with van der Waals surface area (Å²) in [4.78, 5) is 28.1. The molecule has 6 nitrogen and oxygen atoms in total. The van der Waals surface area contributed by atoms with Crippen molar-refractivity contribution >= 4 is 23.4 Å². The minimum atomic E-state index is -0.154. The first-order valence-electron chi connectivity index (χ1n) is 8.50. The van der Waals surface area contributed by atoms with E-state index in [2.05, 4.69) is 6.58 Å². The number of carbonyl (C=O) groups excluding carboxylic acids is 2. The summed E-state index contributed by atoms with van der Waals surface area (Å²) in [5, 5.41) is 0. The maximum absolute atomic E-state index is 12.8. The van der Waals surface area contributed by atoms with Crippen LogP contribution in [0.15, 0.2) is 35.5 Å². The van der Waals surface area contributed by atoms with E-state index in [1.807, 2.05) is 6.07 Å². The standard InChI is InChI=1S/C18H25ClN2O4/c1-2-9-20(17(22)7-8-19)14-18(23)21(12-15-5-3-10-24-15)13-16-6-4-11-25-16/h2-3,5,10,16H,1,4,6-9,11-14H2. The third kappa shape index (κ3) is 6.21. The lowest BCUT2D eigenvalue weighted by Gasteiger charge is -2.28. The van der Waals surface area contributed by atoms with Crippen molar-refractivity contribution < 1.29 is 18.7 Å². The molecule has 1 aliphatic rings. The molecule has 0 radical (unpaired) electrons. The van der Waals surface area contributed by atoms with Crippen molar-refractivity contribution in [2.75, 3.05) is 32.1 Å². The Hall–Kier alpha value is -1.79. The van der Waals surface area contributed by atoms with Gasteiger partial charge in [0.2, 0.25) is 11.8 Å². The smallest absolute Gasteiger partial charge is 0.242 e. The van der Waals surface area contributed by atoms with Crippen LogP contribution in [0, 0.1) is 0 Å². The number of alkyl halides is 1. The van der Waals surface area contributed by atoms with Gasteiger partial charge >= 0.3 is 0 Å². The summed E-state index contributed by atoms with van der Waals surface area (Å²) in [7, 11) is 0. The van der Waals surface area contributed by atoms with E-state index in [1.54, 1.807) is 23.3 Å². The van der Waals surface area contributed by atoms with E-state index in [4.69, 9.17) is 20.8 Å². The first-order valence-corrected chi connectivity index (χ1v) is 9.04. The van der Waals surface area contributed by atoms with Gasteiger partial charge in [-0.3, -0.25) is 9.59 Å². The summed E-state index contributed by atoms with van der Waals surface area (Å²) in [5.74, 6) is 0.635. The van der Waals surface area contributed by atoms with E-state index in [-0.39, 0.29) is 36.8 Å². The van der Waals surface area contributed by atoms with Crippen LogP contribution in [0.2, 0.25) is 0 Å². The quantitative estimate of drug-likeness (QED) is 0.470. The summed E-state index contributed by atoms with van der Waals surface area (Å²) in [6.45, 7) is 5.54. The van der Waals surface area contributed by atoms with Crippen LogP contribution in [0.25, 0.3) is 0 Å². The molecule has 7 heteroatoms. The Bertz CT molecular complexity index is 555. The van der Waals surface area contributed by atoms with Gasteiger partial charge in [-0.25, -0.2) is 0 Å². The molecule has 0 aromatic carbocycles. The van der Waals surface area contributed by atoms with Crippen molar-refractivity contribution in [1.29, 1.82) is 0 Å². The molecule has 1 saturated heterocycles. The van der Waals surface area contributed by atoms with Crippen molar-refractivity contribution in [3.63, 3.8) is 0 Å². The normalized spacial score (nSPS) is 16.6. The van der Waals surface area contributed by atoms with Crippen LogP contribution < -0.4 is 0 Å². The van der Waals surface area contributed by atoms with Crippen molar-refractivity contribution in [3.05, 3.63) is 36.8 Å². The molecule has 25 heavy (non-hydrogen) atoms. The molecule has 0 saturated carbocycles. The number of hydrogen-bond donors (Lipinski definition) is 0. The van der Waals surface area contributed by atoms with E-state index in [0.717, 1.165) is 19.4 Å². The summed E-state index contributed by atoms with van der Waals surface area (Å²) < 4.78 is 11.0. The zero-order valence-electron chi connectivity index (χ0n) is 14.4. The Morgan fingerprint density at radius 2 is 2.20 bits per heavy atom. The Labute approximate surface area is 153 Å². The predicted octanol–water partition coefficient (Wildman–Crippen LogP) is 2.43. The highest BCUT2D eigenvalue weighted by Crippen LogP contribution is 2.16. The van der Waals surface area contributed by atoms with Crippen LogP contribution in [-0.4, -0.2) is 59.8 Å². The third-order valence-electron chi connectivity index (χ3n) is 4.06. The van der Waals surface area contributed by atoms with Crippen LogP contribution in [-0.2, 0) is 20.9 Å². The lowest BCUT2D eigenvalue weighted by atomic mass is 10.2. The van der Waals surface area contributed by atoms with Gasteiger partial charge in [-0.05, 0) is 25.0 Å². The number of carbonyl (C=O) groups is 2. The highest BCUT2D eigenvalue weighted by Gasteiger charge is 2.25. The molecule has 0 bridgehead atoms. The highest BCUT2D eigenvalue weighted by atomic mass is 35.5. The second-order valence-corrected chi connectivity index (χ2v) is 6.37. The van der Waals surface area contributed by atoms with E-state index >= 15 is 0 Å². The molecule has 2 heterocycles. The molecular formula is C18H25ClN2O4. The van der Waals surface area contributed by atoms with Gasteiger partial charge in [-0.1, -0.05) is 6.08 Å². The number of furan rings is 1. The molecule has 138 valence electrons. The zero-order chi connectivity index (χ0) is 18.1. The number of rotatable bonds is 10. The Balaban J connectivity index is 2.03. The van der Waals surface area contributed by atoms with Gasteiger partial charge in [-0.2, -0.15) is 0 Å². The van der Waals surface area contributed by atoms with E-state index in [1.165, 1.54) is 4.90 Å². The average molecular weight is 369 g/mol. The molecule has 1 aromatic heterocycles. The third-order valence-corrected chi connectivity index (χ3v) is 4.25. The fraction of sp³-hybridized carbons (Fsp3) is 0.556. The molecule has 2 rings (SSSR count). The molecule has 1 aromatic rings. The Morgan fingerprint density at radius 3 is 2.80 bits per heavy atom. The number of ether oxygens (including phenoxy) is 1. The monoisotopic (exact) mass is 368 g/mol. The first kappa shape index (κ1) is 19.5. The van der Waals surface area contributed by atoms with Gasteiger partial charge in [0, 0.05) is 32.0 Å². The summed E-state index contributed by atoms with van der Waals surface area (Å²) >= 11 is 5.65. The van der Waals surface area contributed by atoms with Gasteiger partial charge in [0.25, 0.3) is 0 Å². The number of nitrogens with zero attached hydrogens (tertiary/aromatic N) is 2. The average Bonchev–Trinajstić information content (AvgIpc) is 3.28. The summed E-state index contributed by atoms with van der Waals surface area (Å²) in [5.41, 5.74) is 0. The lowest BCUT2D eigenvalue weighted by molar-refractivity contribution is -0.141. The minimum Gasteiger partial charge on any atom is -0.467 e. The van der Waals surface area contributed by atoms with Gasteiger partial charge < -0.3 is 19.0 Å². The molecule has 1 fully saturated rings. The van der Waals surface area contributed by atoms with Crippen molar-refractivity contribution in [1.82, 2.24) is 9.80 Å². The molecule has 1 atom stereocenters. The molecule has 1 unspecified atom stereocenters. The minimum absolute atomic E-state index is 0.00479. The molecular weight excluding hydrogens is 344 g/mol. The maximum Gasteiger partial charge on any atom is 0.242 e. The molecule has 0 N–H and O–H groups in total. The van der Waals surface area contributed by atoms with Crippen LogP contribution in [0.1, 0.15) is 25.0 Å². The summed E-state index contributed by atoms with van der Waals surface area (Å²) in [6.07, 6.45) is 5.36. The second kappa shape index (κ2) is 10.3. The molecule has 1 aliphatic heterocycles. The van der Waals surface area contributed by atoms with Gasteiger partial charge in [0.15, 0.2) is 0 Å². The van der Waals surface area contributed by atoms with E-state index in [0.29, 0.717) is 25.4 Å². The number of hydrogen-bond acceptors (Lipinski definition) is 4. The fourth-order valence-corrected chi connectivity index (χ4v) is 2.95. The first-order chi connectivity index (χ1) is 12.1. The van der Waals surface area contributed by atoms with Crippen LogP contribution in [0.4, 0.5) is 0 Å². The van der Waals surface area contributed by atoms with Gasteiger partial charge in [-0.15, -0.1) is 18.2 Å². The molecule has 0 aliphatic carbocycles. The van der Waals surface area contributed by atoms with Crippen molar-refractivity contribution in [3.8, 4) is 0 Å².